The minimum Gasteiger partial charge on any atom is -0.490 e. The molecule has 4 saturated heterocycles. The Labute approximate surface area is 350 Å². The zero-order chi connectivity index (χ0) is 45.3. The Hall–Kier alpha value is -6.44. The summed E-state index contributed by atoms with van der Waals surface area (Å²) in [6, 6.07) is 7.85. The predicted molar refractivity (Wildman–Crippen MR) is 222 cm³/mol. The lowest BCUT2D eigenvalue weighted by Crippen LogP contribution is -2.41. The van der Waals surface area contributed by atoms with Crippen molar-refractivity contribution in [3.63, 3.8) is 0 Å². The van der Waals surface area contributed by atoms with Gasteiger partial charge in [0.1, 0.15) is 18.1 Å². The average Bonchev–Trinajstić information content (AvgIpc) is 3.53. The number of aromatic amines is 1. The molecular formula is C37H51FN12O11. The highest BCUT2D eigenvalue weighted by atomic mass is 19.1. The monoisotopic (exact) mass is 859 g/mol. The molecule has 61 heavy (non-hydrogen) atoms. The number of aliphatic hydroxyl groups excluding tert-OH is 1. The number of nitrogen functional groups attached to an aromatic ring is 1. The molecular weight excluding hydrogens is 807 g/mol. The number of aromatic nitrogens is 6. The molecule has 4 aliphatic heterocycles. The second-order valence-electron chi connectivity index (χ2n) is 12.7. The fourth-order valence-electron chi connectivity index (χ4n) is 4.92. The van der Waals surface area contributed by atoms with Crippen LogP contribution in [0.15, 0.2) is 78.6 Å². The number of nitro groups is 2. The van der Waals surface area contributed by atoms with Crippen LogP contribution in [0.1, 0.15) is 14.3 Å². The summed E-state index contributed by atoms with van der Waals surface area (Å²) in [4.78, 5) is 49.4. The topological polar surface area (TPSA) is 318 Å². The highest BCUT2D eigenvalue weighted by Crippen LogP contribution is 2.25. The first-order valence-electron chi connectivity index (χ1n) is 19.2. The van der Waals surface area contributed by atoms with Gasteiger partial charge in [0.25, 0.3) is 0 Å². The van der Waals surface area contributed by atoms with Crippen molar-refractivity contribution >= 4 is 39.5 Å². The maximum absolute atomic E-state index is 11.6. The van der Waals surface area contributed by atoms with Crippen LogP contribution >= 0.6 is 0 Å². The predicted octanol–water partition coefficient (Wildman–Crippen LogP) is 2.50. The third-order valence-corrected chi connectivity index (χ3v) is 8.19. The van der Waals surface area contributed by atoms with Crippen LogP contribution in [0.5, 0.6) is 5.75 Å². The molecule has 0 aromatic carbocycles. The van der Waals surface area contributed by atoms with Crippen molar-refractivity contribution in [2.75, 3.05) is 90.1 Å². The van der Waals surface area contributed by atoms with E-state index in [2.05, 4.69) is 35.6 Å². The molecule has 0 amide bonds. The average molecular weight is 860 g/mol. The summed E-state index contributed by atoms with van der Waals surface area (Å²) < 4.78 is 41.7. The number of pyridine rings is 4. The quantitative estimate of drug-likeness (QED) is 0.0964. The van der Waals surface area contributed by atoms with Crippen molar-refractivity contribution in [2.24, 2.45) is 5.73 Å². The fourth-order valence-corrected chi connectivity index (χ4v) is 4.92. The maximum atomic E-state index is 11.6. The molecule has 0 bridgehead atoms. The molecule has 0 aliphatic carbocycles. The highest BCUT2D eigenvalue weighted by molar-refractivity contribution is 5.74. The molecule has 4 aliphatic rings. The number of nitrogens with one attached hydrogen (secondary N) is 3. The smallest absolute Gasteiger partial charge is 0.328 e. The SMILES string of the molecule is CCO.COc1ccncc1[N+](=O)[O-].NC1COC1.Nc1cnccc1NC1COC1.O=[N+]([O-])c1cnccc1NC1COC1.O=c1[nH]c2cnccc2n1C1COC1.[2H]CF. The van der Waals surface area contributed by atoms with Gasteiger partial charge in [-0.25, -0.2) is 4.79 Å². The number of H-pyrrole nitrogens is 1. The molecule has 0 radical (unpaired) electrons. The molecule has 0 spiro atoms. The number of hydrogen-bond acceptors (Lipinski definition) is 19. The third-order valence-electron chi connectivity index (χ3n) is 8.19. The fraction of sp³-hybridized carbons (Fsp3) is 0.432. The van der Waals surface area contributed by atoms with E-state index in [1.165, 1.54) is 31.8 Å². The van der Waals surface area contributed by atoms with Crippen LogP contribution in [0, 0.1) is 20.2 Å². The molecule has 0 saturated carbocycles. The van der Waals surface area contributed by atoms with Gasteiger partial charge in [0.05, 0.1) is 137 Å². The number of methoxy groups -OCH3 is 1. The molecule has 0 unspecified atom stereocenters. The van der Waals surface area contributed by atoms with E-state index in [1.54, 1.807) is 42.3 Å². The van der Waals surface area contributed by atoms with E-state index in [0.29, 0.717) is 49.9 Å². The lowest BCUT2D eigenvalue weighted by atomic mass is 10.2. The number of nitrogens with zero attached hydrogens (tertiary/aromatic N) is 7. The summed E-state index contributed by atoms with van der Waals surface area (Å²) >= 11 is 0. The number of rotatable bonds is 8. The van der Waals surface area contributed by atoms with E-state index in [9.17, 15) is 29.4 Å². The van der Waals surface area contributed by atoms with E-state index in [1.807, 2.05) is 12.1 Å². The lowest BCUT2D eigenvalue weighted by Gasteiger charge is -2.28. The van der Waals surface area contributed by atoms with Crippen LogP contribution in [0.4, 0.5) is 32.8 Å². The first-order chi connectivity index (χ1) is 30.0. The van der Waals surface area contributed by atoms with Crippen molar-refractivity contribution in [3.05, 3.63) is 105 Å². The van der Waals surface area contributed by atoms with Crippen molar-refractivity contribution < 1.29 is 44.4 Å². The van der Waals surface area contributed by atoms with E-state index < -0.39 is 17.0 Å². The summed E-state index contributed by atoms with van der Waals surface area (Å²) in [6.45, 7) is 7.42. The molecule has 24 heteroatoms. The molecule has 5 aromatic heterocycles. The number of anilines is 3. The molecule has 332 valence electrons. The number of imidazole rings is 1. The van der Waals surface area contributed by atoms with Crippen LogP contribution in [-0.2, 0) is 18.9 Å². The van der Waals surface area contributed by atoms with Crippen LogP contribution in [0.2, 0.25) is 0 Å². The summed E-state index contributed by atoms with van der Waals surface area (Å²) in [7, 11) is 0.377. The Bertz CT molecular complexity index is 2140. The van der Waals surface area contributed by atoms with Gasteiger partial charge in [-0.2, -0.15) is 0 Å². The van der Waals surface area contributed by atoms with E-state index in [4.69, 9.17) is 41.6 Å². The zero-order valence-corrected chi connectivity index (χ0v) is 33.5. The van der Waals surface area contributed by atoms with Gasteiger partial charge in [0, 0.05) is 37.5 Å². The molecule has 9 heterocycles. The first kappa shape index (κ1) is 47.2. The number of alkyl halides is 1. The zero-order valence-electron chi connectivity index (χ0n) is 34.5. The molecule has 23 nitrogen and oxygen atoms in total. The van der Waals surface area contributed by atoms with Crippen molar-refractivity contribution in [2.45, 2.75) is 31.1 Å². The van der Waals surface area contributed by atoms with Gasteiger partial charge in [0.15, 0.2) is 5.75 Å². The summed E-state index contributed by atoms with van der Waals surface area (Å²) in [5.41, 5.74) is 14.5. The number of fused-ring (bicyclic) bond motifs is 1. The van der Waals surface area contributed by atoms with Crippen molar-refractivity contribution in [3.8, 4) is 5.75 Å². The molecule has 4 fully saturated rings. The van der Waals surface area contributed by atoms with E-state index in [0.717, 1.165) is 49.3 Å². The normalized spacial score (nSPS) is 15.3. The molecule has 8 N–H and O–H groups in total. The maximum Gasteiger partial charge on any atom is 0.328 e. The highest BCUT2D eigenvalue weighted by Gasteiger charge is 2.24. The molecule has 9 rings (SSSR count). The lowest BCUT2D eigenvalue weighted by molar-refractivity contribution is -0.386. The minimum absolute atomic E-state index is 0.000556. The Morgan fingerprint density at radius 2 is 1.31 bits per heavy atom. The largest absolute Gasteiger partial charge is 0.490 e. The Morgan fingerprint density at radius 3 is 1.75 bits per heavy atom. The second-order valence-corrected chi connectivity index (χ2v) is 12.7. The summed E-state index contributed by atoms with van der Waals surface area (Å²) in [5.74, 6) is 0.227. The molecule has 5 aromatic rings. The van der Waals surface area contributed by atoms with Crippen LogP contribution in [0.25, 0.3) is 11.0 Å². The van der Waals surface area contributed by atoms with Gasteiger partial charge < -0.3 is 55.9 Å². The number of halogens is 1. The second kappa shape index (κ2) is 26.6. The van der Waals surface area contributed by atoms with Crippen molar-refractivity contribution in [1.82, 2.24) is 29.5 Å². The van der Waals surface area contributed by atoms with Crippen LogP contribution < -0.4 is 32.5 Å². The Morgan fingerprint density at radius 1 is 0.852 bits per heavy atom. The Balaban J connectivity index is 0.000000204. The number of aliphatic hydroxyl groups is 1. The number of ether oxygens (including phenoxy) is 5. The van der Waals surface area contributed by atoms with Gasteiger partial charge in [-0.15, -0.1) is 0 Å². The van der Waals surface area contributed by atoms with Gasteiger partial charge in [-0.05, 0) is 25.1 Å². The van der Waals surface area contributed by atoms with Gasteiger partial charge in [-0.3, -0.25) is 49.1 Å². The van der Waals surface area contributed by atoms with Gasteiger partial charge in [-0.1, -0.05) is 0 Å². The summed E-state index contributed by atoms with van der Waals surface area (Å²) in [5, 5.41) is 34.7. The third kappa shape index (κ3) is 15.6. The standard InChI is InChI=1S/C9H9N3O2.C8H9N3O3.C8H11N3O.C6H6N2O3.C3H7NO.C2H6O.CH3F/c13-9-11-7-3-10-2-1-8(7)12(9)6-4-14-5-6;12-11(13)8-3-9-2-1-7(8)10-6-4-14-5-6;9-7-3-10-2-1-8(7)11-6-4-12-5-6;1-11-6-2-3-7-4-5(6)8(9)10;4-3-1-5-2-3;1-2-3;1-2/h1-3,6H,4-5H2,(H,11,13);1-3,6H,4-5H2,(H,9,10);1-3,6H,4-5,9H2,(H,10,11);2-4H,1H3;3H,1-2,4H2;3H,2H2,1H3;1H3/i;;;;;;1D. The van der Waals surface area contributed by atoms with Crippen LogP contribution in [-0.4, -0.2) is 136 Å². The van der Waals surface area contributed by atoms with Crippen molar-refractivity contribution in [1.29, 1.82) is 0 Å². The Kier molecular flexibility index (Phi) is 20.6. The van der Waals surface area contributed by atoms with E-state index in [-0.39, 0.29) is 41.5 Å². The van der Waals surface area contributed by atoms with E-state index >= 15 is 0 Å². The van der Waals surface area contributed by atoms with Crippen LogP contribution in [0.3, 0.4) is 0 Å². The number of hydrogen-bond donors (Lipinski definition) is 6. The molecule has 0 atom stereocenters. The first-order valence-corrected chi connectivity index (χ1v) is 18.5. The summed E-state index contributed by atoms with van der Waals surface area (Å²) in [6.07, 6.45) is 12.1. The van der Waals surface area contributed by atoms with Gasteiger partial charge >= 0.3 is 17.1 Å². The minimum atomic E-state index is -1.00. The van der Waals surface area contributed by atoms with Gasteiger partial charge in [0.2, 0.25) is 0 Å². The number of nitrogens with two attached hydrogens (primary N) is 2.